The first-order chi connectivity index (χ1) is 12.7. The molecule has 0 aliphatic heterocycles. The van der Waals surface area contributed by atoms with Gasteiger partial charge in [0.15, 0.2) is 0 Å². The van der Waals surface area contributed by atoms with Crippen LogP contribution >= 0.6 is 0 Å². The largest absolute Gasteiger partial charge is 0.337 e. The molecule has 0 N–H and O–H groups in total. The number of imidazole rings is 2. The van der Waals surface area contributed by atoms with Gasteiger partial charge < -0.3 is 9.13 Å². The third kappa shape index (κ3) is 3.31. The normalized spacial score (nSPS) is 11.2. The van der Waals surface area contributed by atoms with E-state index in [-0.39, 0.29) is 0 Å². The van der Waals surface area contributed by atoms with Crippen LogP contribution in [0, 0.1) is 13.8 Å². The van der Waals surface area contributed by atoms with Crippen molar-refractivity contribution in [2.45, 2.75) is 33.4 Å². The fourth-order valence-corrected chi connectivity index (χ4v) is 3.26. The Morgan fingerprint density at radius 3 is 2.69 bits per heavy atom. The predicted molar refractivity (Wildman–Crippen MR) is 101 cm³/mol. The second kappa shape index (κ2) is 7.00. The molecule has 26 heavy (non-hydrogen) atoms. The molecular weight excluding hydrogens is 324 g/mol. The molecule has 132 valence electrons. The minimum atomic E-state index is 0.914. The highest BCUT2D eigenvalue weighted by molar-refractivity contribution is 5.59. The standard InChI is InChI=1S/C20H22N6/c1-16-13-17(2)26(23-16)19-6-3-5-18(14-19)20-22-8-12-25(20)10-4-9-24-11-7-21-15-24/h3,5-8,11-15H,4,9-10H2,1-2H3. The van der Waals surface area contributed by atoms with Crippen LogP contribution in [0.4, 0.5) is 0 Å². The zero-order valence-corrected chi connectivity index (χ0v) is 15.1. The van der Waals surface area contributed by atoms with Crippen molar-refractivity contribution in [1.82, 2.24) is 28.9 Å². The Morgan fingerprint density at radius 1 is 1.00 bits per heavy atom. The SMILES string of the molecule is Cc1cc(C)n(-c2cccc(-c3nccn3CCCn3ccnc3)c2)n1. The second-order valence-electron chi connectivity index (χ2n) is 6.49. The highest BCUT2D eigenvalue weighted by atomic mass is 15.3. The molecule has 0 atom stereocenters. The summed E-state index contributed by atoms with van der Waals surface area (Å²) in [6, 6.07) is 10.5. The van der Waals surface area contributed by atoms with E-state index in [1.165, 1.54) is 0 Å². The molecule has 3 aromatic heterocycles. The first-order valence-corrected chi connectivity index (χ1v) is 8.82. The molecule has 3 heterocycles. The fraction of sp³-hybridized carbons (Fsp3) is 0.250. The van der Waals surface area contributed by atoms with E-state index in [9.17, 15) is 0 Å². The van der Waals surface area contributed by atoms with Crippen molar-refractivity contribution in [3.8, 4) is 17.1 Å². The molecule has 4 aromatic rings. The smallest absolute Gasteiger partial charge is 0.139 e. The van der Waals surface area contributed by atoms with Crippen LogP contribution in [-0.2, 0) is 13.1 Å². The molecule has 0 bridgehead atoms. The van der Waals surface area contributed by atoms with Crippen molar-refractivity contribution in [3.63, 3.8) is 0 Å². The number of hydrogen-bond acceptors (Lipinski definition) is 3. The molecule has 0 aliphatic carbocycles. The fourth-order valence-electron chi connectivity index (χ4n) is 3.26. The Morgan fingerprint density at radius 2 is 1.92 bits per heavy atom. The van der Waals surface area contributed by atoms with E-state index in [1.54, 1.807) is 0 Å². The van der Waals surface area contributed by atoms with E-state index < -0.39 is 0 Å². The van der Waals surface area contributed by atoms with Crippen LogP contribution in [0.2, 0.25) is 0 Å². The van der Waals surface area contributed by atoms with Gasteiger partial charge in [-0.25, -0.2) is 14.6 Å². The lowest BCUT2D eigenvalue weighted by atomic mass is 10.2. The van der Waals surface area contributed by atoms with Crippen LogP contribution in [-0.4, -0.2) is 28.9 Å². The van der Waals surface area contributed by atoms with Gasteiger partial charge in [-0.05, 0) is 38.5 Å². The Hall–Kier alpha value is -3.15. The van der Waals surface area contributed by atoms with E-state index in [0.29, 0.717) is 0 Å². The summed E-state index contributed by atoms with van der Waals surface area (Å²) in [5, 5.41) is 4.58. The van der Waals surface area contributed by atoms with Gasteiger partial charge in [-0.3, -0.25) is 0 Å². The summed E-state index contributed by atoms with van der Waals surface area (Å²) in [4.78, 5) is 8.66. The summed E-state index contributed by atoms with van der Waals surface area (Å²) in [7, 11) is 0. The van der Waals surface area contributed by atoms with Gasteiger partial charge in [0.1, 0.15) is 5.82 Å². The summed E-state index contributed by atoms with van der Waals surface area (Å²) < 4.78 is 6.28. The Bertz CT molecular complexity index is 993. The maximum absolute atomic E-state index is 4.58. The number of nitrogens with zero attached hydrogens (tertiary/aromatic N) is 6. The lowest BCUT2D eigenvalue weighted by Gasteiger charge is -2.10. The van der Waals surface area contributed by atoms with Crippen molar-refractivity contribution in [1.29, 1.82) is 0 Å². The highest BCUT2D eigenvalue weighted by Gasteiger charge is 2.09. The maximum atomic E-state index is 4.58. The maximum Gasteiger partial charge on any atom is 0.139 e. The molecule has 1 aromatic carbocycles. The molecule has 0 radical (unpaired) electrons. The lowest BCUT2D eigenvalue weighted by molar-refractivity contribution is 0.566. The van der Waals surface area contributed by atoms with Crippen LogP contribution in [0.25, 0.3) is 17.1 Å². The average molecular weight is 346 g/mol. The Labute approximate surface area is 152 Å². The lowest BCUT2D eigenvalue weighted by Crippen LogP contribution is -2.04. The molecule has 0 saturated carbocycles. The number of rotatable bonds is 6. The average Bonchev–Trinajstić information content (AvgIpc) is 3.37. The van der Waals surface area contributed by atoms with Crippen molar-refractivity contribution in [2.24, 2.45) is 0 Å². The molecule has 0 spiro atoms. The first kappa shape index (κ1) is 16.3. The molecule has 4 rings (SSSR count). The van der Waals surface area contributed by atoms with Crippen LogP contribution in [0.15, 0.2) is 61.4 Å². The molecule has 0 fully saturated rings. The van der Waals surface area contributed by atoms with E-state index in [0.717, 1.165) is 48.0 Å². The summed E-state index contributed by atoms with van der Waals surface area (Å²) in [5.74, 6) is 0.985. The Balaban J connectivity index is 1.56. The van der Waals surface area contributed by atoms with Gasteiger partial charge in [0.05, 0.1) is 17.7 Å². The monoisotopic (exact) mass is 346 g/mol. The van der Waals surface area contributed by atoms with Crippen molar-refractivity contribution in [2.75, 3.05) is 0 Å². The molecule has 6 heteroatoms. The zero-order chi connectivity index (χ0) is 17.9. The quantitative estimate of drug-likeness (QED) is 0.536. The number of benzene rings is 1. The van der Waals surface area contributed by atoms with Crippen LogP contribution < -0.4 is 0 Å². The summed E-state index contributed by atoms with van der Waals surface area (Å²) in [5.41, 5.74) is 4.31. The van der Waals surface area contributed by atoms with E-state index in [1.807, 2.05) is 42.7 Å². The first-order valence-electron chi connectivity index (χ1n) is 8.82. The van der Waals surface area contributed by atoms with Crippen molar-refractivity contribution >= 4 is 0 Å². The van der Waals surface area contributed by atoms with E-state index in [4.69, 9.17) is 0 Å². The minimum absolute atomic E-state index is 0.914. The van der Waals surface area contributed by atoms with Gasteiger partial charge in [-0.15, -0.1) is 0 Å². The van der Waals surface area contributed by atoms with Gasteiger partial charge >= 0.3 is 0 Å². The molecule has 0 aliphatic rings. The van der Waals surface area contributed by atoms with Crippen LogP contribution in [0.5, 0.6) is 0 Å². The van der Waals surface area contributed by atoms with E-state index >= 15 is 0 Å². The highest BCUT2D eigenvalue weighted by Crippen LogP contribution is 2.22. The van der Waals surface area contributed by atoms with Gasteiger partial charge in [-0.1, -0.05) is 12.1 Å². The minimum Gasteiger partial charge on any atom is -0.337 e. The van der Waals surface area contributed by atoms with E-state index in [2.05, 4.69) is 61.5 Å². The molecule has 6 nitrogen and oxygen atoms in total. The van der Waals surface area contributed by atoms with Crippen LogP contribution in [0.3, 0.4) is 0 Å². The van der Waals surface area contributed by atoms with Gasteiger partial charge in [0, 0.05) is 49.1 Å². The molecule has 0 unspecified atom stereocenters. The summed E-state index contributed by atoms with van der Waals surface area (Å²) in [6.07, 6.45) is 10.6. The van der Waals surface area contributed by atoms with Crippen molar-refractivity contribution in [3.05, 3.63) is 72.8 Å². The molecular formula is C20H22N6. The zero-order valence-electron chi connectivity index (χ0n) is 15.1. The van der Waals surface area contributed by atoms with Gasteiger partial charge in [-0.2, -0.15) is 5.10 Å². The third-order valence-electron chi connectivity index (χ3n) is 4.45. The topological polar surface area (TPSA) is 53.5 Å². The number of aromatic nitrogens is 6. The molecule has 0 amide bonds. The summed E-state index contributed by atoms with van der Waals surface area (Å²) >= 11 is 0. The van der Waals surface area contributed by atoms with Crippen molar-refractivity contribution < 1.29 is 0 Å². The Kier molecular flexibility index (Phi) is 4.39. The number of aryl methyl sites for hydroxylation is 4. The molecule has 0 saturated heterocycles. The third-order valence-corrected chi connectivity index (χ3v) is 4.45. The van der Waals surface area contributed by atoms with Gasteiger partial charge in [0.2, 0.25) is 0 Å². The number of hydrogen-bond donors (Lipinski definition) is 0. The van der Waals surface area contributed by atoms with Crippen LogP contribution in [0.1, 0.15) is 17.8 Å². The summed E-state index contributed by atoms with van der Waals surface area (Å²) in [6.45, 7) is 5.95. The second-order valence-corrected chi connectivity index (χ2v) is 6.49. The van der Waals surface area contributed by atoms with Gasteiger partial charge in [0.25, 0.3) is 0 Å². The predicted octanol–water partition coefficient (Wildman–Crippen LogP) is 3.64.